The van der Waals surface area contributed by atoms with Crippen LogP contribution in [0.4, 0.5) is 0 Å². The van der Waals surface area contributed by atoms with Crippen molar-refractivity contribution in [3.63, 3.8) is 0 Å². The lowest BCUT2D eigenvalue weighted by Crippen LogP contribution is -2.36. The highest BCUT2D eigenvalue weighted by Crippen LogP contribution is 2.25. The number of ether oxygens (including phenoxy) is 2. The van der Waals surface area contributed by atoms with Crippen molar-refractivity contribution in [2.75, 3.05) is 13.7 Å². The Labute approximate surface area is 116 Å². The van der Waals surface area contributed by atoms with Gasteiger partial charge in [0.1, 0.15) is 17.6 Å². The number of nitrogens with one attached hydrogen (secondary N) is 1. The van der Waals surface area contributed by atoms with Gasteiger partial charge >= 0.3 is 0 Å². The molecule has 3 heteroatoms. The van der Waals surface area contributed by atoms with Gasteiger partial charge in [-0.15, -0.1) is 0 Å². The molecule has 0 aromatic heterocycles. The van der Waals surface area contributed by atoms with Gasteiger partial charge in [-0.05, 0) is 63.4 Å². The molecule has 2 unspecified atom stereocenters. The maximum atomic E-state index is 6.05. The van der Waals surface area contributed by atoms with Crippen molar-refractivity contribution in [1.29, 1.82) is 0 Å². The second kappa shape index (κ2) is 7.39. The fraction of sp³-hybridized carbons (Fsp3) is 0.625. The third-order valence-corrected chi connectivity index (χ3v) is 3.63. The smallest absolute Gasteiger partial charge is 0.119 e. The molecule has 0 heterocycles. The molecule has 1 aliphatic carbocycles. The Morgan fingerprint density at radius 1 is 1.16 bits per heavy atom. The summed E-state index contributed by atoms with van der Waals surface area (Å²) in [5.41, 5.74) is 0. The second-order valence-electron chi connectivity index (χ2n) is 5.21. The molecule has 0 saturated heterocycles. The Balaban J connectivity index is 1.85. The summed E-state index contributed by atoms with van der Waals surface area (Å²) in [6.07, 6.45) is 6.14. The fourth-order valence-electron chi connectivity index (χ4n) is 2.54. The van der Waals surface area contributed by atoms with E-state index in [0.717, 1.165) is 37.4 Å². The summed E-state index contributed by atoms with van der Waals surface area (Å²) in [5, 5.41) is 3.35. The van der Waals surface area contributed by atoms with E-state index in [-0.39, 0.29) is 0 Å². The first-order chi connectivity index (χ1) is 9.31. The van der Waals surface area contributed by atoms with Crippen LogP contribution in [-0.2, 0) is 0 Å². The molecule has 1 fully saturated rings. The van der Waals surface area contributed by atoms with Gasteiger partial charge in [0.2, 0.25) is 0 Å². The summed E-state index contributed by atoms with van der Waals surface area (Å²) >= 11 is 0. The van der Waals surface area contributed by atoms with Crippen molar-refractivity contribution in [3.05, 3.63) is 24.3 Å². The molecule has 0 radical (unpaired) electrons. The van der Waals surface area contributed by atoms with E-state index in [1.807, 2.05) is 31.3 Å². The molecular weight excluding hydrogens is 238 g/mol. The van der Waals surface area contributed by atoms with Gasteiger partial charge in [0.15, 0.2) is 0 Å². The van der Waals surface area contributed by atoms with Crippen molar-refractivity contribution in [2.24, 2.45) is 0 Å². The first kappa shape index (κ1) is 14.2. The van der Waals surface area contributed by atoms with E-state index in [4.69, 9.17) is 9.47 Å². The first-order valence-corrected chi connectivity index (χ1v) is 7.38. The minimum absolute atomic E-state index is 0.341. The number of rotatable bonds is 6. The van der Waals surface area contributed by atoms with Crippen LogP contribution >= 0.6 is 0 Å². The van der Waals surface area contributed by atoms with E-state index < -0.39 is 0 Å². The lowest BCUT2D eigenvalue weighted by Gasteiger charge is -2.29. The zero-order valence-corrected chi connectivity index (χ0v) is 12.0. The van der Waals surface area contributed by atoms with Crippen molar-refractivity contribution in [2.45, 2.75) is 51.2 Å². The van der Waals surface area contributed by atoms with Gasteiger partial charge in [0, 0.05) is 6.04 Å². The third kappa shape index (κ3) is 4.43. The molecule has 0 bridgehead atoms. The molecule has 1 saturated carbocycles. The summed E-state index contributed by atoms with van der Waals surface area (Å²) < 4.78 is 11.6. The Morgan fingerprint density at radius 2 is 1.89 bits per heavy atom. The molecule has 1 N–H and O–H groups in total. The summed E-state index contributed by atoms with van der Waals surface area (Å²) in [5.74, 6) is 1.87. The van der Waals surface area contributed by atoms with Crippen LogP contribution in [0.1, 0.15) is 39.0 Å². The van der Waals surface area contributed by atoms with Crippen LogP contribution in [0.2, 0.25) is 0 Å². The average Bonchev–Trinajstić information content (AvgIpc) is 2.47. The Bertz CT molecular complexity index is 364. The minimum Gasteiger partial charge on any atom is -0.494 e. The number of hydrogen-bond acceptors (Lipinski definition) is 3. The van der Waals surface area contributed by atoms with Gasteiger partial charge in [-0.1, -0.05) is 6.92 Å². The summed E-state index contributed by atoms with van der Waals surface area (Å²) in [6.45, 7) is 2.88. The Kier molecular flexibility index (Phi) is 5.52. The number of hydrogen-bond donors (Lipinski definition) is 1. The molecule has 19 heavy (non-hydrogen) atoms. The molecule has 1 aromatic carbocycles. The van der Waals surface area contributed by atoms with Crippen LogP contribution in [0.15, 0.2) is 24.3 Å². The molecule has 1 aliphatic rings. The van der Waals surface area contributed by atoms with Crippen LogP contribution in [0, 0.1) is 0 Å². The molecule has 0 aliphatic heterocycles. The maximum Gasteiger partial charge on any atom is 0.119 e. The van der Waals surface area contributed by atoms with E-state index >= 15 is 0 Å². The SMILES string of the molecule is CCCOc1ccc(OC2CCCC(NC)C2)cc1. The van der Waals surface area contributed by atoms with Crippen LogP contribution in [-0.4, -0.2) is 25.8 Å². The lowest BCUT2D eigenvalue weighted by molar-refractivity contribution is 0.137. The molecule has 0 spiro atoms. The van der Waals surface area contributed by atoms with E-state index in [1.165, 1.54) is 12.8 Å². The third-order valence-electron chi connectivity index (χ3n) is 3.63. The predicted octanol–water partition coefficient (Wildman–Crippen LogP) is 3.38. The summed E-state index contributed by atoms with van der Waals surface area (Å²) in [7, 11) is 2.03. The van der Waals surface area contributed by atoms with Crippen LogP contribution in [0.25, 0.3) is 0 Å². The average molecular weight is 263 g/mol. The normalized spacial score (nSPS) is 23.1. The van der Waals surface area contributed by atoms with Crippen molar-refractivity contribution >= 4 is 0 Å². The fourth-order valence-corrected chi connectivity index (χ4v) is 2.54. The molecule has 3 nitrogen and oxygen atoms in total. The quantitative estimate of drug-likeness (QED) is 0.853. The summed E-state index contributed by atoms with van der Waals surface area (Å²) in [4.78, 5) is 0. The topological polar surface area (TPSA) is 30.5 Å². The standard InChI is InChI=1S/C16H25NO2/c1-3-11-18-14-7-9-15(10-8-14)19-16-6-4-5-13(12-16)17-2/h7-10,13,16-17H,3-6,11-12H2,1-2H3. The van der Waals surface area contributed by atoms with Gasteiger partial charge in [-0.3, -0.25) is 0 Å². The lowest BCUT2D eigenvalue weighted by atomic mass is 9.93. The second-order valence-corrected chi connectivity index (χ2v) is 5.21. The summed E-state index contributed by atoms with van der Waals surface area (Å²) in [6, 6.07) is 8.60. The van der Waals surface area contributed by atoms with E-state index in [2.05, 4.69) is 12.2 Å². The van der Waals surface area contributed by atoms with E-state index in [9.17, 15) is 0 Å². The molecule has 1 aromatic rings. The molecule has 0 amide bonds. The van der Waals surface area contributed by atoms with Crippen molar-refractivity contribution in [1.82, 2.24) is 5.32 Å². The zero-order chi connectivity index (χ0) is 13.5. The van der Waals surface area contributed by atoms with Crippen molar-refractivity contribution in [3.8, 4) is 11.5 Å². The predicted molar refractivity (Wildman–Crippen MR) is 78.0 cm³/mol. The van der Waals surface area contributed by atoms with Crippen LogP contribution in [0.5, 0.6) is 11.5 Å². The van der Waals surface area contributed by atoms with Gasteiger partial charge in [-0.25, -0.2) is 0 Å². The highest BCUT2D eigenvalue weighted by molar-refractivity contribution is 5.31. The van der Waals surface area contributed by atoms with E-state index in [1.54, 1.807) is 0 Å². The maximum absolute atomic E-state index is 6.05. The Morgan fingerprint density at radius 3 is 2.58 bits per heavy atom. The first-order valence-electron chi connectivity index (χ1n) is 7.38. The molecule has 2 atom stereocenters. The zero-order valence-electron chi connectivity index (χ0n) is 12.0. The van der Waals surface area contributed by atoms with Crippen LogP contribution in [0.3, 0.4) is 0 Å². The Hall–Kier alpha value is -1.22. The molecular formula is C16H25NO2. The molecule has 106 valence electrons. The highest BCUT2D eigenvalue weighted by Gasteiger charge is 2.21. The monoisotopic (exact) mass is 263 g/mol. The number of benzene rings is 1. The van der Waals surface area contributed by atoms with Crippen LogP contribution < -0.4 is 14.8 Å². The van der Waals surface area contributed by atoms with Crippen molar-refractivity contribution < 1.29 is 9.47 Å². The minimum atomic E-state index is 0.341. The van der Waals surface area contributed by atoms with Gasteiger partial charge in [0.05, 0.1) is 6.61 Å². The highest BCUT2D eigenvalue weighted by atomic mass is 16.5. The largest absolute Gasteiger partial charge is 0.494 e. The van der Waals surface area contributed by atoms with Gasteiger partial charge in [-0.2, -0.15) is 0 Å². The van der Waals surface area contributed by atoms with Gasteiger partial charge < -0.3 is 14.8 Å². The van der Waals surface area contributed by atoms with Gasteiger partial charge in [0.25, 0.3) is 0 Å². The molecule has 2 rings (SSSR count). The van der Waals surface area contributed by atoms with E-state index in [0.29, 0.717) is 12.1 Å².